The molecule has 1 heterocycles. The van der Waals surface area contributed by atoms with E-state index >= 15 is 0 Å². The average Bonchev–Trinajstić information content (AvgIpc) is 2.64. The smallest absolute Gasteiger partial charge is 0.154 e. The molecule has 0 unspecified atom stereocenters. The van der Waals surface area contributed by atoms with Crippen molar-refractivity contribution in [3.05, 3.63) is 34.9 Å². The van der Waals surface area contributed by atoms with E-state index in [1.807, 2.05) is 24.3 Å². The molecular weight excluding hydrogens is 300 g/mol. The molecule has 0 saturated carbocycles. The van der Waals surface area contributed by atoms with Crippen molar-refractivity contribution in [1.29, 1.82) is 0 Å². The molecule has 0 spiro atoms. The molecule has 2 rings (SSSR count). The first-order valence-electron chi connectivity index (χ1n) is 6.54. The number of benzene rings is 1. The number of nitrogens with one attached hydrogen (secondary N) is 2. The van der Waals surface area contributed by atoms with Gasteiger partial charge in [0.15, 0.2) is 9.84 Å². The lowest BCUT2D eigenvalue weighted by Gasteiger charge is -2.15. The quantitative estimate of drug-likeness (QED) is 0.652. The van der Waals surface area contributed by atoms with Crippen LogP contribution < -0.4 is 10.6 Å². The fraction of sp³-hybridized carbons (Fsp3) is 0.538. The summed E-state index contributed by atoms with van der Waals surface area (Å²) in [5, 5.41) is 16.6. The molecule has 112 valence electrons. The molecule has 20 heavy (non-hydrogen) atoms. The Morgan fingerprint density at radius 2 is 2.00 bits per heavy atom. The Bertz CT molecular complexity index is 550. The van der Waals surface area contributed by atoms with Gasteiger partial charge in [-0.2, -0.15) is 0 Å². The average molecular weight is 319 g/mol. The maximum absolute atomic E-state index is 11.3. The molecule has 7 heteroatoms. The predicted octanol–water partition coefficient (Wildman–Crippen LogP) is 0.177. The summed E-state index contributed by atoms with van der Waals surface area (Å²) in [5.74, 6) is -0.129. The summed E-state index contributed by atoms with van der Waals surface area (Å²) in [6.07, 6.45) is -0.802. The molecule has 5 nitrogen and oxygen atoms in total. The molecule has 0 amide bonds. The second-order valence-corrected chi connectivity index (χ2v) is 7.53. The van der Waals surface area contributed by atoms with Crippen LogP contribution in [0.25, 0.3) is 0 Å². The molecule has 0 bridgehead atoms. The summed E-state index contributed by atoms with van der Waals surface area (Å²) in [7, 11) is -3.09. The predicted molar refractivity (Wildman–Crippen MR) is 79.6 cm³/mol. The van der Waals surface area contributed by atoms with Crippen LogP contribution in [0.4, 0.5) is 0 Å². The van der Waals surface area contributed by atoms with Gasteiger partial charge in [-0.25, -0.2) is 8.42 Å². The van der Waals surface area contributed by atoms with Gasteiger partial charge >= 0.3 is 0 Å². The number of rotatable bonds is 6. The van der Waals surface area contributed by atoms with Gasteiger partial charge in [0.05, 0.1) is 17.6 Å². The zero-order valence-corrected chi connectivity index (χ0v) is 12.6. The lowest BCUT2D eigenvalue weighted by Crippen LogP contribution is -2.42. The van der Waals surface area contributed by atoms with Gasteiger partial charge in [-0.15, -0.1) is 0 Å². The zero-order chi connectivity index (χ0) is 14.6. The van der Waals surface area contributed by atoms with Crippen molar-refractivity contribution >= 4 is 21.4 Å². The Hall–Kier alpha value is -0.660. The summed E-state index contributed by atoms with van der Waals surface area (Å²) in [4.78, 5) is 0. The SMILES string of the molecule is O=S1(=O)C[C@@H](O)[C@@H](NCCNCc2ccccc2Cl)C1. The van der Waals surface area contributed by atoms with Gasteiger partial charge < -0.3 is 15.7 Å². The highest BCUT2D eigenvalue weighted by Gasteiger charge is 2.35. The first kappa shape index (κ1) is 15.7. The maximum Gasteiger partial charge on any atom is 0.154 e. The van der Waals surface area contributed by atoms with Gasteiger partial charge in [0.25, 0.3) is 0 Å². The summed E-state index contributed by atoms with van der Waals surface area (Å²) in [6.45, 7) is 1.93. The van der Waals surface area contributed by atoms with Crippen LogP contribution in [-0.2, 0) is 16.4 Å². The fourth-order valence-electron chi connectivity index (χ4n) is 2.23. The number of aliphatic hydroxyl groups excluding tert-OH is 1. The van der Waals surface area contributed by atoms with Gasteiger partial charge in [0.2, 0.25) is 0 Å². The highest BCUT2D eigenvalue weighted by Crippen LogP contribution is 2.14. The van der Waals surface area contributed by atoms with E-state index in [2.05, 4.69) is 10.6 Å². The van der Waals surface area contributed by atoms with Crippen LogP contribution in [-0.4, -0.2) is 50.3 Å². The lowest BCUT2D eigenvalue weighted by molar-refractivity contribution is 0.166. The minimum atomic E-state index is -3.09. The first-order valence-corrected chi connectivity index (χ1v) is 8.74. The first-order chi connectivity index (χ1) is 9.48. The standard InChI is InChI=1S/C13H19ClN2O3S/c14-11-4-2-1-3-10(11)7-15-5-6-16-12-8-20(18,19)9-13(12)17/h1-4,12-13,15-17H,5-9H2/t12-,13+/m0/s1. The topological polar surface area (TPSA) is 78.4 Å². The van der Waals surface area contributed by atoms with E-state index in [9.17, 15) is 13.5 Å². The van der Waals surface area contributed by atoms with Crippen LogP contribution in [0.5, 0.6) is 0 Å². The summed E-state index contributed by atoms with van der Waals surface area (Å²) in [5.41, 5.74) is 1.03. The van der Waals surface area contributed by atoms with Crippen molar-refractivity contribution in [3.8, 4) is 0 Å². The molecule has 1 saturated heterocycles. The van der Waals surface area contributed by atoms with E-state index in [4.69, 9.17) is 11.6 Å². The van der Waals surface area contributed by atoms with E-state index in [1.165, 1.54) is 0 Å². The van der Waals surface area contributed by atoms with Gasteiger partial charge in [-0.1, -0.05) is 29.8 Å². The number of hydrogen-bond donors (Lipinski definition) is 3. The molecule has 1 aliphatic heterocycles. The molecule has 0 aromatic heterocycles. The summed E-state index contributed by atoms with van der Waals surface area (Å²) in [6, 6.07) is 7.25. The van der Waals surface area contributed by atoms with Gasteiger partial charge in [0, 0.05) is 30.7 Å². The number of halogens is 1. The van der Waals surface area contributed by atoms with Crippen molar-refractivity contribution in [3.63, 3.8) is 0 Å². The monoisotopic (exact) mass is 318 g/mol. The Kier molecular flexibility index (Phi) is 5.40. The van der Waals surface area contributed by atoms with E-state index in [0.29, 0.717) is 19.6 Å². The van der Waals surface area contributed by atoms with Gasteiger partial charge in [-0.05, 0) is 11.6 Å². The van der Waals surface area contributed by atoms with E-state index in [0.717, 1.165) is 10.6 Å². The van der Waals surface area contributed by atoms with Crippen LogP contribution in [0.2, 0.25) is 5.02 Å². The van der Waals surface area contributed by atoms with Gasteiger partial charge in [0.1, 0.15) is 0 Å². The molecule has 1 aromatic carbocycles. The summed E-state index contributed by atoms with van der Waals surface area (Å²) < 4.78 is 22.7. The fourth-order valence-corrected chi connectivity index (χ4v) is 4.21. The second kappa shape index (κ2) is 6.87. The van der Waals surface area contributed by atoms with E-state index in [1.54, 1.807) is 0 Å². The van der Waals surface area contributed by atoms with Crippen molar-refractivity contribution < 1.29 is 13.5 Å². The second-order valence-electron chi connectivity index (χ2n) is 4.97. The van der Waals surface area contributed by atoms with Crippen molar-refractivity contribution in [2.45, 2.75) is 18.7 Å². The number of aliphatic hydroxyl groups is 1. The van der Waals surface area contributed by atoms with Crippen molar-refractivity contribution in [2.75, 3.05) is 24.6 Å². The third-order valence-electron chi connectivity index (χ3n) is 3.30. The molecule has 0 aliphatic carbocycles. The van der Waals surface area contributed by atoms with Crippen molar-refractivity contribution in [2.24, 2.45) is 0 Å². The van der Waals surface area contributed by atoms with Crippen LogP contribution in [0.3, 0.4) is 0 Å². The molecule has 2 atom stereocenters. The Labute approximate surface area is 124 Å². The molecule has 1 aliphatic rings. The molecule has 1 fully saturated rings. The van der Waals surface area contributed by atoms with E-state index < -0.39 is 15.9 Å². The van der Waals surface area contributed by atoms with Crippen LogP contribution in [0.15, 0.2) is 24.3 Å². The Morgan fingerprint density at radius 1 is 1.25 bits per heavy atom. The molecule has 1 aromatic rings. The maximum atomic E-state index is 11.3. The highest BCUT2D eigenvalue weighted by atomic mass is 35.5. The minimum absolute atomic E-state index is 0.0126. The normalized spacial score (nSPS) is 24.9. The van der Waals surface area contributed by atoms with Crippen molar-refractivity contribution in [1.82, 2.24) is 10.6 Å². The van der Waals surface area contributed by atoms with Crippen LogP contribution in [0.1, 0.15) is 5.56 Å². The van der Waals surface area contributed by atoms with Gasteiger partial charge in [-0.3, -0.25) is 0 Å². The lowest BCUT2D eigenvalue weighted by atomic mass is 10.2. The molecular formula is C13H19ClN2O3S. The Morgan fingerprint density at radius 3 is 2.65 bits per heavy atom. The number of sulfone groups is 1. The summed E-state index contributed by atoms with van der Waals surface area (Å²) >= 11 is 6.04. The Balaban J connectivity index is 1.66. The largest absolute Gasteiger partial charge is 0.390 e. The minimum Gasteiger partial charge on any atom is -0.390 e. The highest BCUT2D eigenvalue weighted by molar-refractivity contribution is 7.91. The number of hydrogen-bond acceptors (Lipinski definition) is 5. The molecule has 0 radical (unpaired) electrons. The third-order valence-corrected chi connectivity index (χ3v) is 5.39. The molecule has 3 N–H and O–H groups in total. The third kappa shape index (κ3) is 4.43. The van der Waals surface area contributed by atoms with Crippen LogP contribution in [0, 0.1) is 0 Å². The van der Waals surface area contributed by atoms with E-state index in [-0.39, 0.29) is 17.5 Å². The zero-order valence-electron chi connectivity index (χ0n) is 11.0. The van der Waals surface area contributed by atoms with Crippen LogP contribution >= 0.6 is 11.6 Å².